The smallest absolute Gasteiger partial charge is 0.298 e. The summed E-state index contributed by atoms with van der Waals surface area (Å²) in [6, 6.07) is 13.2. The quantitative estimate of drug-likeness (QED) is 0.269. The molecule has 1 aliphatic rings. The van der Waals surface area contributed by atoms with Crippen LogP contribution < -0.4 is 23.8 Å². The number of hydrogen-bond donors (Lipinski definition) is 2. The van der Waals surface area contributed by atoms with Gasteiger partial charge in [0.2, 0.25) is 5.75 Å². The number of ether oxygens (including phenoxy) is 4. The minimum atomic E-state index is -1.03. The summed E-state index contributed by atoms with van der Waals surface area (Å²) in [6.45, 7) is 0.904. The Hall–Kier alpha value is -3.62. The van der Waals surface area contributed by atoms with Gasteiger partial charge in [-0.3, -0.25) is 4.79 Å². The molecule has 0 saturated carbocycles. The van der Waals surface area contributed by atoms with Gasteiger partial charge in [-0.25, -0.2) is 0 Å². The van der Waals surface area contributed by atoms with Gasteiger partial charge in [-0.15, -0.1) is 11.6 Å². The molecule has 35 heavy (non-hydrogen) atoms. The van der Waals surface area contributed by atoms with Crippen molar-refractivity contribution in [3.05, 3.63) is 53.7 Å². The first-order chi connectivity index (χ1) is 17.1. The van der Waals surface area contributed by atoms with Gasteiger partial charge >= 0.3 is 0 Å². The number of aliphatic hydroxyl groups excluding tert-OH is 1. The monoisotopic (exact) mass is 496 g/mol. The van der Waals surface area contributed by atoms with Crippen molar-refractivity contribution in [1.82, 2.24) is 4.98 Å². The fourth-order valence-corrected chi connectivity index (χ4v) is 5.28. The number of carbonyl (C=O) groups is 1. The van der Waals surface area contributed by atoms with Crippen LogP contribution in [-0.2, 0) is 4.79 Å². The summed E-state index contributed by atoms with van der Waals surface area (Å²) < 4.78 is 21.8. The second-order valence-corrected chi connectivity index (χ2v) is 8.59. The van der Waals surface area contributed by atoms with Gasteiger partial charge in [-0.05, 0) is 23.1 Å². The zero-order valence-corrected chi connectivity index (χ0v) is 20.3. The molecule has 8 nitrogen and oxygen atoms in total. The van der Waals surface area contributed by atoms with E-state index in [1.165, 1.54) is 0 Å². The third-order valence-corrected chi connectivity index (χ3v) is 6.91. The summed E-state index contributed by atoms with van der Waals surface area (Å²) in [6.07, 6.45) is -1.03. The SMILES string of the molecule is COc1cc2cc(C(O)N3CC(CCl)c4c3cc(OC=O)c3ccccc43)[nH]c2c(OC)c1OC. The lowest BCUT2D eigenvalue weighted by Crippen LogP contribution is -2.28. The molecule has 3 aromatic carbocycles. The molecule has 9 heteroatoms. The lowest BCUT2D eigenvalue weighted by molar-refractivity contribution is -0.120. The first kappa shape index (κ1) is 23.1. The molecule has 0 saturated heterocycles. The Balaban J connectivity index is 1.65. The molecule has 0 aliphatic carbocycles. The largest absolute Gasteiger partial charge is 0.493 e. The number of aromatic amines is 1. The van der Waals surface area contributed by atoms with E-state index in [1.807, 2.05) is 41.3 Å². The van der Waals surface area contributed by atoms with E-state index in [-0.39, 0.29) is 5.92 Å². The highest BCUT2D eigenvalue weighted by molar-refractivity contribution is 6.18. The number of H-pyrrole nitrogens is 1. The van der Waals surface area contributed by atoms with E-state index >= 15 is 0 Å². The molecular formula is C26H25ClN2O6. The molecule has 4 aromatic rings. The van der Waals surface area contributed by atoms with Gasteiger partial charge in [0, 0.05) is 40.9 Å². The van der Waals surface area contributed by atoms with Crippen LogP contribution in [0.25, 0.3) is 21.7 Å². The number of alkyl halides is 1. The second-order valence-electron chi connectivity index (χ2n) is 8.28. The summed E-state index contributed by atoms with van der Waals surface area (Å²) >= 11 is 6.38. The zero-order chi connectivity index (χ0) is 24.7. The van der Waals surface area contributed by atoms with Gasteiger partial charge in [-0.1, -0.05) is 24.3 Å². The van der Waals surface area contributed by atoms with Crippen LogP contribution >= 0.6 is 11.6 Å². The molecule has 0 bridgehead atoms. The zero-order valence-electron chi connectivity index (χ0n) is 19.5. The standard InChI is InChI=1S/C26H25ClN2O6/c1-32-21-9-14-8-18(28-23(14)25(34-3)24(21)33-2)26(31)29-12-15(11-27)22-17-7-5-4-6-16(17)20(35-13-30)10-19(22)29/h4-10,13,15,26,28,31H,11-12H2,1-3H3. The number of aromatic nitrogens is 1. The number of benzene rings is 3. The number of nitrogens with one attached hydrogen (secondary N) is 1. The van der Waals surface area contributed by atoms with Crippen LogP contribution in [0.1, 0.15) is 23.4 Å². The highest BCUT2D eigenvalue weighted by Gasteiger charge is 2.36. The van der Waals surface area contributed by atoms with Crippen molar-refractivity contribution in [1.29, 1.82) is 0 Å². The number of methoxy groups -OCH3 is 3. The normalized spacial score (nSPS) is 15.8. The second kappa shape index (κ2) is 9.20. The maximum Gasteiger partial charge on any atom is 0.298 e. The molecule has 0 radical (unpaired) electrons. The average Bonchev–Trinajstić information content (AvgIpc) is 3.48. The highest BCUT2D eigenvalue weighted by atomic mass is 35.5. The molecule has 2 N–H and O–H groups in total. The summed E-state index contributed by atoms with van der Waals surface area (Å²) in [7, 11) is 4.65. The van der Waals surface area contributed by atoms with Gasteiger partial charge in [0.05, 0.1) is 32.5 Å². The van der Waals surface area contributed by atoms with E-state index in [1.54, 1.807) is 27.4 Å². The van der Waals surface area contributed by atoms with Crippen molar-refractivity contribution in [2.45, 2.75) is 12.1 Å². The Morgan fingerprint density at radius 1 is 1.09 bits per heavy atom. The first-order valence-corrected chi connectivity index (χ1v) is 11.6. The third kappa shape index (κ3) is 3.61. The molecular weight excluding hydrogens is 472 g/mol. The number of anilines is 1. The fraction of sp³-hybridized carbons (Fsp3) is 0.269. The van der Waals surface area contributed by atoms with Gasteiger partial charge in [-0.2, -0.15) is 0 Å². The summed E-state index contributed by atoms with van der Waals surface area (Å²) in [5, 5.41) is 14.1. The molecule has 1 aromatic heterocycles. The Morgan fingerprint density at radius 3 is 2.49 bits per heavy atom. The summed E-state index contributed by atoms with van der Waals surface area (Å²) in [5.41, 5.74) is 3.02. The average molecular weight is 497 g/mol. The van der Waals surface area contributed by atoms with Crippen molar-refractivity contribution in [3.63, 3.8) is 0 Å². The molecule has 0 amide bonds. The maximum absolute atomic E-state index is 11.5. The highest BCUT2D eigenvalue weighted by Crippen LogP contribution is 2.49. The van der Waals surface area contributed by atoms with Gasteiger partial charge in [0.25, 0.3) is 6.47 Å². The molecule has 182 valence electrons. The molecule has 0 spiro atoms. The van der Waals surface area contributed by atoms with E-state index in [0.717, 1.165) is 27.4 Å². The van der Waals surface area contributed by atoms with Gasteiger partial charge < -0.3 is 33.9 Å². The number of nitrogens with zero attached hydrogens (tertiary/aromatic N) is 1. The van der Waals surface area contributed by atoms with E-state index in [0.29, 0.717) is 53.1 Å². The number of hydrogen-bond acceptors (Lipinski definition) is 7. The minimum absolute atomic E-state index is 0.0180. The van der Waals surface area contributed by atoms with Crippen LogP contribution in [0.2, 0.25) is 0 Å². The van der Waals surface area contributed by atoms with Crippen LogP contribution in [-0.4, -0.2) is 50.3 Å². The number of halogens is 1. The number of fused-ring (bicyclic) bond motifs is 4. The van der Waals surface area contributed by atoms with Crippen molar-refractivity contribution < 1.29 is 28.8 Å². The Labute approximate surface area is 206 Å². The lowest BCUT2D eigenvalue weighted by Gasteiger charge is -2.26. The van der Waals surface area contributed by atoms with E-state index < -0.39 is 6.23 Å². The maximum atomic E-state index is 11.5. The topological polar surface area (TPSA) is 93.3 Å². The van der Waals surface area contributed by atoms with Crippen molar-refractivity contribution >= 4 is 45.4 Å². The van der Waals surface area contributed by atoms with E-state index in [9.17, 15) is 9.90 Å². The minimum Gasteiger partial charge on any atom is -0.493 e. The Kier molecular flexibility index (Phi) is 6.08. The predicted octanol–water partition coefficient (Wildman–Crippen LogP) is 4.72. The van der Waals surface area contributed by atoms with Gasteiger partial charge in [0.15, 0.2) is 17.7 Å². The van der Waals surface area contributed by atoms with Crippen molar-refractivity contribution in [3.8, 4) is 23.0 Å². The Morgan fingerprint density at radius 2 is 1.83 bits per heavy atom. The van der Waals surface area contributed by atoms with E-state index in [2.05, 4.69) is 4.98 Å². The predicted molar refractivity (Wildman–Crippen MR) is 134 cm³/mol. The van der Waals surface area contributed by atoms with Crippen molar-refractivity contribution in [2.75, 3.05) is 38.7 Å². The number of carbonyl (C=O) groups excluding carboxylic acids is 1. The molecule has 2 atom stereocenters. The van der Waals surface area contributed by atoms with Crippen LogP contribution in [0.5, 0.6) is 23.0 Å². The van der Waals surface area contributed by atoms with Crippen LogP contribution in [0.3, 0.4) is 0 Å². The molecule has 0 fully saturated rings. The van der Waals surface area contributed by atoms with Crippen molar-refractivity contribution in [2.24, 2.45) is 0 Å². The van der Waals surface area contributed by atoms with Gasteiger partial charge in [0.1, 0.15) is 5.75 Å². The van der Waals surface area contributed by atoms with E-state index in [4.69, 9.17) is 30.5 Å². The molecule has 5 rings (SSSR count). The lowest BCUT2D eigenvalue weighted by atomic mass is 9.95. The Bertz CT molecular complexity index is 1420. The molecule has 1 aliphatic heterocycles. The fourth-order valence-electron chi connectivity index (χ4n) is 5.02. The van der Waals surface area contributed by atoms with Crippen LogP contribution in [0, 0.1) is 0 Å². The summed E-state index contributed by atoms with van der Waals surface area (Å²) in [4.78, 5) is 16.3. The summed E-state index contributed by atoms with van der Waals surface area (Å²) in [5.74, 6) is 2.25. The van der Waals surface area contributed by atoms with Crippen LogP contribution in [0.4, 0.5) is 5.69 Å². The molecule has 2 unspecified atom stereocenters. The number of rotatable bonds is 8. The first-order valence-electron chi connectivity index (χ1n) is 11.0. The molecule has 2 heterocycles. The van der Waals surface area contributed by atoms with Crippen LogP contribution in [0.15, 0.2) is 42.5 Å². The third-order valence-electron chi connectivity index (χ3n) is 6.54. The number of aliphatic hydroxyl groups is 1.